The van der Waals surface area contributed by atoms with E-state index in [0.29, 0.717) is 0 Å². The smallest absolute Gasteiger partial charge is 0.0184 e. The van der Waals surface area contributed by atoms with Crippen molar-refractivity contribution in [2.45, 2.75) is 56.7 Å². The Kier molecular flexibility index (Phi) is 3.49. The van der Waals surface area contributed by atoms with Gasteiger partial charge in [0.15, 0.2) is 0 Å². The van der Waals surface area contributed by atoms with Crippen LogP contribution in [0.1, 0.15) is 45.4 Å². The van der Waals surface area contributed by atoms with E-state index in [4.69, 9.17) is 0 Å². The fourth-order valence-electron chi connectivity index (χ4n) is 4.12. The molecule has 1 saturated heterocycles. The van der Waals surface area contributed by atoms with Crippen LogP contribution in [0.2, 0.25) is 0 Å². The summed E-state index contributed by atoms with van der Waals surface area (Å²) in [4.78, 5) is 0. The SMILES string of the molecule is CC1SCCCC1NCC1CC2CCC1C2. The van der Waals surface area contributed by atoms with E-state index in [-0.39, 0.29) is 0 Å². The van der Waals surface area contributed by atoms with Crippen molar-refractivity contribution < 1.29 is 0 Å². The third-order valence-electron chi connectivity index (χ3n) is 5.13. The molecule has 1 aliphatic heterocycles. The summed E-state index contributed by atoms with van der Waals surface area (Å²) in [5, 5.41) is 4.72. The van der Waals surface area contributed by atoms with Crippen molar-refractivity contribution in [3.8, 4) is 0 Å². The Morgan fingerprint density at radius 2 is 2.12 bits per heavy atom. The van der Waals surface area contributed by atoms with E-state index in [2.05, 4.69) is 24.0 Å². The largest absolute Gasteiger partial charge is 0.313 e. The summed E-state index contributed by atoms with van der Waals surface area (Å²) >= 11 is 2.16. The van der Waals surface area contributed by atoms with Gasteiger partial charge in [0, 0.05) is 11.3 Å². The van der Waals surface area contributed by atoms with Crippen LogP contribution in [0.15, 0.2) is 0 Å². The van der Waals surface area contributed by atoms with E-state index in [1.54, 1.807) is 6.42 Å². The summed E-state index contributed by atoms with van der Waals surface area (Å²) in [7, 11) is 0. The molecule has 3 aliphatic rings. The van der Waals surface area contributed by atoms with Crippen LogP contribution in [-0.2, 0) is 0 Å². The summed E-state index contributed by atoms with van der Waals surface area (Å²) in [6.07, 6.45) is 8.99. The molecule has 2 saturated carbocycles. The molecule has 0 spiro atoms. The van der Waals surface area contributed by atoms with Gasteiger partial charge in [0.05, 0.1) is 0 Å². The van der Waals surface area contributed by atoms with Crippen molar-refractivity contribution in [1.29, 1.82) is 0 Å². The molecule has 0 radical (unpaired) electrons. The molecule has 16 heavy (non-hydrogen) atoms. The number of hydrogen-bond acceptors (Lipinski definition) is 2. The summed E-state index contributed by atoms with van der Waals surface area (Å²) < 4.78 is 0. The standard InChI is InChI=1S/C14H25NS/c1-10-14(3-2-6-16-10)15-9-13-8-11-4-5-12(13)7-11/h10-15H,2-9H2,1H3. The number of fused-ring (bicyclic) bond motifs is 2. The summed E-state index contributed by atoms with van der Waals surface area (Å²) in [6, 6.07) is 0.804. The molecule has 0 aromatic rings. The predicted octanol–water partition coefficient (Wildman–Crippen LogP) is 3.30. The Morgan fingerprint density at radius 1 is 1.19 bits per heavy atom. The maximum absolute atomic E-state index is 3.88. The zero-order valence-electron chi connectivity index (χ0n) is 10.5. The first-order valence-corrected chi connectivity index (χ1v) is 8.23. The second kappa shape index (κ2) is 4.89. The lowest BCUT2D eigenvalue weighted by molar-refractivity contribution is 0.300. The first kappa shape index (κ1) is 11.4. The van der Waals surface area contributed by atoms with Crippen molar-refractivity contribution in [1.82, 2.24) is 5.32 Å². The van der Waals surface area contributed by atoms with Crippen LogP contribution in [0.4, 0.5) is 0 Å². The van der Waals surface area contributed by atoms with Gasteiger partial charge >= 0.3 is 0 Å². The Morgan fingerprint density at radius 3 is 2.81 bits per heavy atom. The molecule has 0 aromatic heterocycles. The molecule has 1 N–H and O–H groups in total. The second-order valence-electron chi connectivity index (χ2n) is 6.17. The van der Waals surface area contributed by atoms with Crippen LogP contribution in [0.25, 0.3) is 0 Å². The molecule has 2 bridgehead atoms. The van der Waals surface area contributed by atoms with Crippen molar-refractivity contribution >= 4 is 11.8 Å². The molecular weight excluding hydrogens is 214 g/mol. The molecular formula is C14H25NS. The molecule has 0 aromatic carbocycles. The Hall–Kier alpha value is 0.310. The van der Waals surface area contributed by atoms with Crippen LogP contribution < -0.4 is 5.32 Å². The highest BCUT2D eigenvalue weighted by Gasteiger charge is 2.39. The van der Waals surface area contributed by atoms with Crippen LogP contribution in [-0.4, -0.2) is 23.6 Å². The minimum atomic E-state index is 0.804. The van der Waals surface area contributed by atoms with Gasteiger partial charge in [0.2, 0.25) is 0 Å². The summed E-state index contributed by atoms with van der Waals surface area (Å²) in [6.45, 7) is 3.72. The second-order valence-corrected chi connectivity index (χ2v) is 7.65. The van der Waals surface area contributed by atoms with Crippen molar-refractivity contribution in [3.63, 3.8) is 0 Å². The van der Waals surface area contributed by atoms with Gasteiger partial charge in [-0.25, -0.2) is 0 Å². The third kappa shape index (κ3) is 2.28. The monoisotopic (exact) mass is 239 g/mol. The highest BCUT2D eigenvalue weighted by Crippen LogP contribution is 2.48. The average Bonchev–Trinajstić information content (AvgIpc) is 2.90. The predicted molar refractivity (Wildman–Crippen MR) is 71.9 cm³/mol. The normalized spacial score (nSPS) is 47.4. The summed E-state index contributed by atoms with van der Waals surface area (Å²) in [5.41, 5.74) is 0. The zero-order valence-corrected chi connectivity index (χ0v) is 11.3. The molecule has 5 atom stereocenters. The minimum absolute atomic E-state index is 0.804. The number of hydrogen-bond donors (Lipinski definition) is 1. The molecule has 1 heterocycles. The molecule has 3 rings (SSSR count). The zero-order chi connectivity index (χ0) is 11.0. The quantitative estimate of drug-likeness (QED) is 0.811. The third-order valence-corrected chi connectivity index (χ3v) is 6.51. The van der Waals surface area contributed by atoms with Crippen molar-refractivity contribution in [3.05, 3.63) is 0 Å². The minimum Gasteiger partial charge on any atom is -0.313 e. The highest BCUT2D eigenvalue weighted by molar-refractivity contribution is 7.99. The van der Waals surface area contributed by atoms with Gasteiger partial charge in [-0.05, 0) is 62.2 Å². The van der Waals surface area contributed by atoms with E-state index in [9.17, 15) is 0 Å². The van der Waals surface area contributed by atoms with Gasteiger partial charge in [0.1, 0.15) is 0 Å². The van der Waals surface area contributed by atoms with Crippen LogP contribution in [0, 0.1) is 17.8 Å². The maximum Gasteiger partial charge on any atom is 0.0184 e. The average molecular weight is 239 g/mol. The molecule has 3 fully saturated rings. The van der Waals surface area contributed by atoms with E-state index in [0.717, 1.165) is 29.0 Å². The fourth-order valence-corrected chi connectivity index (χ4v) is 5.29. The van der Waals surface area contributed by atoms with Gasteiger partial charge < -0.3 is 5.32 Å². The van der Waals surface area contributed by atoms with Crippen molar-refractivity contribution in [2.75, 3.05) is 12.3 Å². The first-order chi connectivity index (χ1) is 7.83. The molecule has 92 valence electrons. The van der Waals surface area contributed by atoms with E-state index in [1.807, 2.05) is 0 Å². The van der Waals surface area contributed by atoms with Gasteiger partial charge in [-0.3, -0.25) is 0 Å². The molecule has 2 aliphatic carbocycles. The van der Waals surface area contributed by atoms with Crippen LogP contribution in [0.5, 0.6) is 0 Å². The van der Waals surface area contributed by atoms with Crippen LogP contribution in [0.3, 0.4) is 0 Å². The van der Waals surface area contributed by atoms with E-state index < -0.39 is 0 Å². The number of rotatable bonds is 3. The fraction of sp³-hybridized carbons (Fsp3) is 1.00. The van der Waals surface area contributed by atoms with Gasteiger partial charge in [0.25, 0.3) is 0 Å². The van der Waals surface area contributed by atoms with Crippen molar-refractivity contribution in [2.24, 2.45) is 17.8 Å². The lowest BCUT2D eigenvalue weighted by atomic mass is 9.88. The van der Waals surface area contributed by atoms with Gasteiger partial charge in [-0.2, -0.15) is 11.8 Å². The highest BCUT2D eigenvalue weighted by atomic mass is 32.2. The van der Waals surface area contributed by atoms with Crippen LogP contribution >= 0.6 is 11.8 Å². The maximum atomic E-state index is 3.88. The lowest BCUT2D eigenvalue weighted by Crippen LogP contribution is -2.42. The first-order valence-electron chi connectivity index (χ1n) is 7.18. The Labute approximate surface area is 104 Å². The van der Waals surface area contributed by atoms with E-state index in [1.165, 1.54) is 44.4 Å². The number of nitrogens with one attached hydrogen (secondary N) is 1. The van der Waals surface area contributed by atoms with Gasteiger partial charge in [-0.15, -0.1) is 0 Å². The molecule has 0 amide bonds. The summed E-state index contributed by atoms with van der Waals surface area (Å²) in [5.74, 6) is 4.60. The topological polar surface area (TPSA) is 12.0 Å². The van der Waals surface area contributed by atoms with E-state index >= 15 is 0 Å². The Bertz CT molecular complexity index is 241. The molecule has 2 heteroatoms. The lowest BCUT2D eigenvalue weighted by Gasteiger charge is -2.31. The van der Waals surface area contributed by atoms with Gasteiger partial charge in [-0.1, -0.05) is 13.3 Å². The Balaban J connectivity index is 1.45. The molecule has 5 unspecified atom stereocenters. The molecule has 1 nitrogen and oxygen atoms in total. The number of thioether (sulfide) groups is 1.